The lowest BCUT2D eigenvalue weighted by atomic mass is 10.0. The standard InChI is InChI=1S/C9H9FN2/c1-6(2)8-4-7(10)5-12-9(8)11-3/h4-6H,1-2H3. The zero-order chi connectivity index (χ0) is 9.14. The van der Waals surface area contributed by atoms with Gasteiger partial charge in [-0.1, -0.05) is 20.4 Å². The van der Waals surface area contributed by atoms with E-state index in [1.165, 1.54) is 6.07 Å². The molecule has 0 saturated heterocycles. The maximum Gasteiger partial charge on any atom is 0.273 e. The molecule has 62 valence electrons. The van der Waals surface area contributed by atoms with Gasteiger partial charge in [-0.2, -0.15) is 0 Å². The summed E-state index contributed by atoms with van der Waals surface area (Å²) in [5.41, 5.74) is 0.671. The molecular formula is C9H9FN2. The smallest absolute Gasteiger partial charge is 0.273 e. The molecule has 0 atom stereocenters. The summed E-state index contributed by atoms with van der Waals surface area (Å²) in [7, 11) is 0. The minimum Gasteiger partial charge on any atom is -0.360 e. The zero-order valence-electron chi connectivity index (χ0n) is 7.00. The van der Waals surface area contributed by atoms with Crippen LogP contribution in [0.2, 0.25) is 0 Å². The van der Waals surface area contributed by atoms with E-state index in [0.717, 1.165) is 6.20 Å². The van der Waals surface area contributed by atoms with E-state index in [1.54, 1.807) is 0 Å². The minimum atomic E-state index is -0.383. The fraction of sp³-hybridized carbons (Fsp3) is 0.333. The summed E-state index contributed by atoms with van der Waals surface area (Å²) in [6, 6.07) is 1.37. The molecule has 0 aliphatic rings. The average molecular weight is 164 g/mol. The molecule has 0 aromatic carbocycles. The minimum absolute atomic E-state index is 0.136. The Morgan fingerprint density at radius 2 is 2.25 bits per heavy atom. The zero-order valence-corrected chi connectivity index (χ0v) is 7.00. The first-order valence-corrected chi connectivity index (χ1v) is 3.68. The van der Waals surface area contributed by atoms with Crippen LogP contribution in [0.5, 0.6) is 0 Å². The maximum atomic E-state index is 12.7. The predicted molar refractivity (Wildman–Crippen MR) is 44.5 cm³/mol. The van der Waals surface area contributed by atoms with Gasteiger partial charge >= 0.3 is 0 Å². The van der Waals surface area contributed by atoms with Gasteiger partial charge in [0.2, 0.25) is 0 Å². The predicted octanol–water partition coefficient (Wildman–Crippen LogP) is 2.89. The van der Waals surface area contributed by atoms with Gasteiger partial charge in [-0.3, -0.25) is 0 Å². The Morgan fingerprint density at radius 1 is 1.58 bits per heavy atom. The van der Waals surface area contributed by atoms with Crippen LogP contribution in [0.3, 0.4) is 0 Å². The number of hydrogen-bond donors (Lipinski definition) is 0. The lowest BCUT2D eigenvalue weighted by Gasteiger charge is -2.05. The Kier molecular flexibility index (Phi) is 2.39. The van der Waals surface area contributed by atoms with Crippen molar-refractivity contribution in [3.8, 4) is 0 Å². The monoisotopic (exact) mass is 164 g/mol. The molecule has 0 N–H and O–H groups in total. The third kappa shape index (κ3) is 1.59. The molecule has 2 nitrogen and oxygen atoms in total. The molecule has 0 bridgehead atoms. The van der Waals surface area contributed by atoms with Gasteiger partial charge in [0.05, 0.1) is 0 Å². The molecule has 1 aromatic rings. The van der Waals surface area contributed by atoms with E-state index in [1.807, 2.05) is 13.8 Å². The van der Waals surface area contributed by atoms with E-state index in [2.05, 4.69) is 9.83 Å². The highest BCUT2D eigenvalue weighted by Gasteiger charge is 2.09. The van der Waals surface area contributed by atoms with Gasteiger partial charge in [0.25, 0.3) is 5.82 Å². The van der Waals surface area contributed by atoms with Crippen molar-refractivity contribution >= 4 is 5.82 Å². The van der Waals surface area contributed by atoms with Crippen LogP contribution in [-0.4, -0.2) is 4.98 Å². The fourth-order valence-corrected chi connectivity index (χ4v) is 0.966. The van der Waals surface area contributed by atoms with E-state index in [4.69, 9.17) is 6.57 Å². The Morgan fingerprint density at radius 3 is 2.75 bits per heavy atom. The third-order valence-corrected chi connectivity index (χ3v) is 1.59. The highest BCUT2D eigenvalue weighted by Crippen LogP contribution is 2.24. The summed E-state index contributed by atoms with van der Waals surface area (Å²) >= 11 is 0. The second kappa shape index (κ2) is 3.31. The van der Waals surface area contributed by atoms with Gasteiger partial charge in [-0.15, -0.1) is 4.98 Å². The molecule has 0 aliphatic carbocycles. The number of halogens is 1. The Hall–Kier alpha value is -1.43. The quantitative estimate of drug-likeness (QED) is 0.583. The number of pyridine rings is 1. The molecule has 1 rings (SSSR count). The summed E-state index contributed by atoms with van der Waals surface area (Å²) in [5.74, 6) is 0.0507. The molecule has 12 heavy (non-hydrogen) atoms. The van der Waals surface area contributed by atoms with Crippen LogP contribution >= 0.6 is 0 Å². The topological polar surface area (TPSA) is 17.2 Å². The second-order valence-corrected chi connectivity index (χ2v) is 2.83. The maximum absolute atomic E-state index is 12.7. The van der Waals surface area contributed by atoms with Crippen molar-refractivity contribution in [1.29, 1.82) is 0 Å². The van der Waals surface area contributed by atoms with E-state index >= 15 is 0 Å². The van der Waals surface area contributed by atoms with Gasteiger partial charge in [0.15, 0.2) is 12.0 Å². The number of hydrogen-bond acceptors (Lipinski definition) is 1. The highest BCUT2D eigenvalue weighted by atomic mass is 19.1. The first-order chi connectivity index (χ1) is 5.65. The molecule has 0 amide bonds. The van der Waals surface area contributed by atoms with Crippen molar-refractivity contribution in [1.82, 2.24) is 4.98 Å². The van der Waals surface area contributed by atoms with E-state index in [-0.39, 0.29) is 11.7 Å². The van der Waals surface area contributed by atoms with Crippen molar-refractivity contribution in [2.75, 3.05) is 0 Å². The van der Waals surface area contributed by atoms with Crippen LogP contribution in [-0.2, 0) is 0 Å². The molecule has 0 aliphatic heterocycles. The summed E-state index contributed by atoms with van der Waals surface area (Å²) in [6.07, 6.45) is 1.07. The van der Waals surface area contributed by atoms with Crippen LogP contribution in [0.25, 0.3) is 4.85 Å². The third-order valence-electron chi connectivity index (χ3n) is 1.59. The van der Waals surface area contributed by atoms with E-state index < -0.39 is 0 Å². The van der Waals surface area contributed by atoms with Gasteiger partial charge in [-0.05, 0) is 17.5 Å². The highest BCUT2D eigenvalue weighted by molar-refractivity contribution is 5.46. The van der Waals surface area contributed by atoms with Crippen molar-refractivity contribution in [3.05, 3.63) is 35.1 Å². The van der Waals surface area contributed by atoms with Crippen molar-refractivity contribution in [2.24, 2.45) is 0 Å². The lowest BCUT2D eigenvalue weighted by molar-refractivity contribution is 0.617. The van der Waals surface area contributed by atoms with Crippen molar-refractivity contribution < 1.29 is 4.39 Å². The molecule has 0 unspecified atom stereocenters. The molecule has 1 aromatic heterocycles. The van der Waals surface area contributed by atoms with Gasteiger partial charge < -0.3 is 4.85 Å². The van der Waals surface area contributed by atoms with Gasteiger partial charge in [0, 0.05) is 0 Å². The molecule has 1 heterocycles. The van der Waals surface area contributed by atoms with Crippen LogP contribution in [0.1, 0.15) is 25.3 Å². The van der Waals surface area contributed by atoms with Gasteiger partial charge in [-0.25, -0.2) is 4.39 Å². The van der Waals surface area contributed by atoms with E-state index in [9.17, 15) is 4.39 Å². The van der Waals surface area contributed by atoms with Crippen molar-refractivity contribution in [2.45, 2.75) is 19.8 Å². The van der Waals surface area contributed by atoms with Crippen molar-refractivity contribution in [3.63, 3.8) is 0 Å². The summed E-state index contributed by atoms with van der Waals surface area (Å²) < 4.78 is 12.7. The van der Waals surface area contributed by atoms with Crippen LogP contribution in [0, 0.1) is 12.4 Å². The Bertz CT molecular complexity index is 326. The number of nitrogens with zero attached hydrogens (tertiary/aromatic N) is 2. The summed E-state index contributed by atoms with van der Waals surface area (Å²) in [4.78, 5) is 6.89. The normalized spacial score (nSPS) is 9.92. The largest absolute Gasteiger partial charge is 0.360 e. The molecule has 0 fully saturated rings. The summed E-state index contributed by atoms with van der Waals surface area (Å²) in [5, 5.41) is 0. The van der Waals surface area contributed by atoms with Gasteiger partial charge in [0.1, 0.15) is 0 Å². The molecule has 0 spiro atoms. The Labute approximate surface area is 70.9 Å². The summed E-state index contributed by atoms with van der Waals surface area (Å²) in [6.45, 7) is 10.6. The number of rotatable bonds is 1. The molecule has 3 heteroatoms. The second-order valence-electron chi connectivity index (χ2n) is 2.83. The van der Waals surface area contributed by atoms with E-state index in [0.29, 0.717) is 11.4 Å². The van der Waals surface area contributed by atoms with Crippen LogP contribution in [0.15, 0.2) is 12.3 Å². The SMILES string of the molecule is [C-]#[N+]c1ncc(F)cc1C(C)C. The van der Waals surface area contributed by atoms with Crippen LogP contribution < -0.4 is 0 Å². The molecular weight excluding hydrogens is 155 g/mol. The van der Waals surface area contributed by atoms with Crippen LogP contribution in [0.4, 0.5) is 10.2 Å². The number of aromatic nitrogens is 1. The fourth-order valence-electron chi connectivity index (χ4n) is 0.966. The first kappa shape index (κ1) is 8.66. The lowest BCUT2D eigenvalue weighted by Crippen LogP contribution is -1.91. The molecule has 0 saturated carbocycles. The first-order valence-electron chi connectivity index (χ1n) is 3.68. The average Bonchev–Trinajstić information content (AvgIpc) is 2.04. The Balaban J connectivity index is 3.24. The molecule has 0 radical (unpaired) electrons.